The van der Waals surface area contributed by atoms with Gasteiger partial charge in [0.25, 0.3) is 5.91 Å². The number of likely N-dealkylation sites (tertiary alicyclic amines) is 1. The van der Waals surface area contributed by atoms with Crippen LogP contribution in [0, 0.1) is 0 Å². The maximum absolute atomic E-state index is 12.7. The molecule has 1 unspecified atom stereocenters. The van der Waals surface area contributed by atoms with E-state index in [0.29, 0.717) is 11.0 Å². The van der Waals surface area contributed by atoms with Crippen LogP contribution in [0.15, 0.2) is 22.7 Å². The molecule has 1 aromatic rings. The van der Waals surface area contributed by atoms with Crippen LogP contribution in [0.25, 0.3) is 0 Å². The Balaban J connectivity index is 2.33. The lowest BCUT2D eigenvalue weighted by atomic mass is 10.0. The first-order valence-electron chi connectivity index (χ1n) is 6.48. The lowest BCUT2D eigenvalue weighted by Gasteiger charge is -2.33. The van der Waals surface area contributed by atoms with Crippen molar-refractivity contribution in [3.63, 3.8) is 0 Å². The van der Waals surface area contributed by atoms with Gasteiger partial charge in [0.1, 0.15) is 0 Å². The molecule has 1 atom stereocenters. The third kappa shape index (κ3) is 3.16. The predicted molar refractivity (Wildman–Crippen MR) is 73.5 cm³/mol. The molecule has 1 amide bonds. The first kappa shape index (κ1) is 15.4. The summed E-state index contributed by atoms with van der Waals surface area (Å²) >= 11 is 3.17. The van der Waals surface area contributed by atoms with E-state index >= 15 is 0 Å². The van der Waals surface area contributed by atoms with Crippen molar-refractivity contribution in [1.29, 1.82) is 0 Å². The van der Waals surface area contributed by atoms with E-state index in [1.165, 1.54) is 6.07 Å². The maximum Gasteiger partial charge on any atom is 0.416 e. The summed E-state index contributed by atoms with van der Waals surface area (Å²) in [5.74, 6) is -0.338. The smallest absolute Gasteiger partial charge is 0.336 e. The van der Waals surface area contributed by atoms with Crippen LogP contribution in [0.4, 0.5) is 13.2 Å². The number of piperidine rings is 1. The van der Waals surface area contributed by atoms with Crippen LogP contribution < -0.4 is 0 Å². The highest BCUT2D eigenvalue weighted by molar-refractivity contribution is 9.10. The number of benzene rings is 1. The molecule has 0 bridgehead atoms. The fraction of sp³-hybridized carbons (Fsp3) is 0.500. The van der Waals surface area contributed by atoms with Crippen molar-refractivity contribution in [3.05, 3.63) is 33.8 Å². The molecular weight excluding hydrogens is 335 g/mol. The first-order valence-corrected chi connectivity index (χ1v) is 7.27. The van der Waals surface area contributed by atoms with E-state index in [1.807, 2.05) is 6.92 Å². The second-order valence-electron chi connectivity index (χ2n) is 5.04. The third-order valence-electron chi connectivity index (χ3n) is 3.59. The van der Waals surface area contributed by atoms with Crippen molar-refractivity contribution < 1.29 is 18.0 Å². The van der Waals surface area contributed by atoms with Crippen molar-refractivity contribution >= 4 is 21.8 Å². The highest BCUT2D eigenvalue weighted by Gasteiger charge is 2.33. The molecule has 0 aliphatic carbocycles. The van der Waals surface area contributed by atoms with Gasteiger partial charge in [-0.25, -0.2) is 0 Å². The second kappa shape index (κ2) is 5.76. The average Bonchev–Trinajstić information content (AvgIpc) is 2.37. The summed E-state index contributed by atoms with van der Waals surface area (Å²) in [5.41, 5.74) is -0.720. The summed E-state index contributed by atoms with van der Waals surface area (Å²) in [4.78, 5) is 14.1. The van der Waals surface area contributed by atoms with E-state index in [-0.39, 0.29) is 17.5 Å². The minimum Gasteiger partial charge on any atom is -0.336 e. The summed E-state index contributed by atoms with van der Waals surface area (Å²) in [6, 6.07) is 3.25. The number of alkyl halides is 3. The van der Waals surface area contributed by atoms with Gasteiger partial charge in [-0.3, -0.25) is 4.79 Å². The minimum absolute atomic E-state index is 0.0673. The summed E-state index contributed by atoms with van der Waals surface area (Å²) < 4.78 is 38.6. The molecule has 1 saturated heterocycles. The quantitative estimate of drug-likeness (QED) is 0.731. The van der Waals surface area contributed by atoms with Gasteiger partial charge in [-0.2, -0.15) is 13.2 Å². The molecule has 1 aliphatic heterocycles. The maximum atomic E-state index is 12.7. The molecule has 1 fully saturated rings. The fourth-order valence-corrected chi connectivity index (χ4v) is 2.84. The summed E-state index contributed by atoms with van der Waals surface area (Å²) in [6.45, 7) is 2.53. The molecular formula is C14H15BrF3NO. The molecule has 0 spiro atoms. The van der Waals surface area contributed by atoms with Gasteiger partial charge in [-0.15, -0.1) is 0 Å². The Labute approximate surface area is 124 Å². The monoisotopic (exact) mass is 349 g/mol. The molecule has 0 N–H and O–H groups in total. The number of carbonyl (C=O) groups excluding carboxylic acids is 1. The van der Waals surface area contributed by atoms with E-state index in [1.54, 1.807) is 4.90 Å². The van der Waals surface area contributed by atoms with E-state index in [2.05, 4.69) is 15.9 Å². The fourth-order valence-electron chi connectivity index (χ4n) is 2.42. The van der Waals surface area contributed by atoms with Gasteiger partial charge in [0.05, 0.1) is 11.1 Å². The number of hydrogen-bond donors (Lipinski definition) is 0. The zero-order valence-corrected chi connectivity index (χ0v) is 12.6. The van der Waals surface area contributed by atoms with Gasteiger partial charge < -0.3 is 4.90 Å². The van der Waals surface area contributed by atoms with E-state index < -0.39 is 11.7 Å². The molecule has 2 nitrogen and oxygen atoms in total. The minimum atomic E-state index is -4.44. The van der Waals surface area contributed by atoms with Crippen LogP contribution >= 0.6 is 15.9 Å². The number of hydrogen-bond acceptors (Lipinski definition) is 1. The predicted octanol–water partition coefficient (Wildman–Crippen LogP) is 4.48. The van der Waals surface area contributed by atoms with Gasteiger partial charge >= 0.3 is 6.18 Å². The molecule has 2 rings (SSSR count). The molecule has 6 heteroatoms. The standard InChI is InChI=1S/C14H15BrF3NO/c1-9-4-2-3-7-19(9)13(20)11-8-10(14(16,17)18)5-6-12(11)15/h5-6,8-9H,2-4,7H2,1H3. The van der Waals surface area contributed by atoms with E-state index in [9.17, 15) is 18.0 Å². The van der Waals surface area contributed by atoms with Crippen molar-refractivity contribution in [1.82, 2.24) is 4.90 Å². The largest absolute Gasteiger partial charge is 0.416 e. The van der Waals surface area contributed by atoms with Crippen LogP contribution in [-0.2, 0) is 6.18 Å². The van der Waals surface area contributed by atoms with E-state index in [0.717, 1.165) is 31.4 Å². The zero-order valence-electron chi connectivity index (χ0n) is 11.0. The third-order valence-corrected chi connectivity index (χ3v) is 4.28. The number of amides is 1. The van der Waals surface area contributed by atoms with Crippen LogP contribution in [0.3, 0.4) is 0 Å². The molecule has 1 heterocycles. The molecule has 0 radical (unpaired) electrons. The topological polar surface area (TPSA) is 20.3 Å². The molecule has 1 aliphatic rings. The number of halogens is 4. The van der Waals surface area contributed by atoms with Gasteiger partial charge in [0.15, 0.2) is 0 Å². The lowest BCUT2D eigenvalue weighted by molar-refractivity contribution is -0.137. The number of carbonyl (C=O) groups is 1. The average molecular weight is 350 g/mol. The summed E-state index contributed by atoms with van der Waals surface area (Å²) in [6.07, 6.45) is -1.60. The van der Waals surface area contributed by atoms with Gasteiger partial charge in [0, 0.05) is 17.1 Å². The molecule has 1 aromatic carbocycles. The Morgan fingerprint density at radius 3 is 2.65 bits per heavy atom. The Morgan fingerprint density at radius 2 is 2.05 bits per heavy atom. The van der Waals surface area contributed by atoms with Crippen LogP contribution in [0.1, 0.15) is 42.1 Å². The SMILES string of the molecule is CC1CCCCN1C(=O)c1cc(C(F)(F)F)ccc1Br. The molecule has 110 valence electrons. The lowest BCUT2D eigenvalue weighted by Crippen LogP contribution is -2.42. The number of rotatable bonds is 1. The second-order valence-corrected chi connectivity index (χ2v) is 5.89. The molecule has 20 heavy (non-hydrogen) atoms. The Morgan fingerprint density at radius 1 is 1.35 bits per heavy atom. The van der Waals surface area contributed by atoms with E-state index in [4.69, 9.17) is 0 Å². The Bertz CT molecular complexity index is 516. The first-order chi connectivity index (χ1) is 9.30. The summed E-state index contributed by atoms with van der Waals surface area (Å²) in [7, 11) is 0. The van der Waals surface area contributed by atoms with Gasteiger partial charge in [-0.05, 0) is 60.3 Å². The normalized spacial score (nSPS) is 20.1. The van der Waals surface area contributed by atoms with Crippen LogP contribution in [0.2, 0.25) is 0 Å². The number of nitrogens with zero attached hydrogens (tertiary/aromatic N) is 1. The highest BCUT2D eigenvalue weighted by Crippen LogP contribution is 2.33. The zero-order chi connectivity index (χ0) is 14.9. The molecule has 0 aromatic heterocycles. The molecule has 0 saturated carbocycles. The van der Waals surface area contributed by atoms with Crippen molar-refractivity contribution in [2.45, 2.75) is 38.4 Å². The Hall–Kier alpha value is -1.04. The van der Waals surface area contributed by atoms with Crippen molar-refractivity contribution in [3.8, 4) is 0 Å². The highest BCUT2D eigenvalue weighted by atomic mass is 79.9. The van der Waals surface area contributed by atoms with Gasteiger partial charge in [-0.1, -0.05) is 0 Å². The Kier molecular flexibility index (Phi) is 4.42. The van der Waals surface area contributed by atoms with Crippen molar-refractivity contribution in [2.75, 3.05) is 6.54 Å². The van der Waals surface area contributed by atoms with Gasteiger partial charge in [0.2, 0.25) is 0 Å². The van der Waals surface area contributed by atoms with Crippen LogP contribution in [-0.4, -0.2) is 23.4 Å². The summed E-state index contributed by atoms with van der Waals surface area (Å²) in [5, 5.41) is 0. The van der Waals surface area contributed by atoms with Crippen LogP contribution in [0.5, 0.6) is 0 Å². The van der Waals surface area contributed by atoms with Crippen molar-refractivity contribution in [2.24, 2.45) is 0 Å².